The van der Waals surface area contributed by atoms with Gasteiger partial charge in [0.15, 0.2) is 0 Å². The zero-order valence-corrected chi connectivity index (χ0v) is 9.11. The number of rotatable bonds is 1. The molecule has 2 unspecified atom stereocenters. The first-order valence-corrected chi connectivity index (χ1v) is 5.23. The van der Waals surface area contributed by atoms with Crippen LogP contribution in [0, 0.1) is 0 Å². The van der Waals surface area contributed by atoms with Gasteiger partial charge in [0.2, 0.25) is 0 Å². The second-order valence-electron chi connectivity index (χ2n) is 3.89. The van der Waals surface area contributed by atoms with E-state index >= 15 is 0 Å². The third kappa shape index (κ3) is 2.07. The molecule has 0 spiro atoms. The Morgan fingerprint density at radius 3 is 3.12 bits per heavy atom. The summed E-state index contributed by atoms with van der Waals surface area (Å²) in [6, 6.07) is -0.121. The van der Waals surface area contributed by atoms with Crippen LogP contribution in [0.1, 0.15) is 6.92 Å². The van der Waals surface area contributed by atoms with Crippen LogP contribution in [0.2, 0.25) is 0 Å². The second-order valence-corrected chi connectivity index (χ2v) is 3.89. The average molecular weight is 225 g/mol. The molecule has 1 fully saturated rings. The Morgan fingerprint density at radius 1 is 1.69 bits per heavy atom. The number of imidazole rings is 1. The Morgan fingerprint density at radius 2 is 2.50 bits per heavy atom. The van der Waals surface area contributed by atoms with Crippen LogP contribution in [0.15, 0.2) is 18.7 Å². The topological polar surface area (TPSA) is 67.6 Å². The lowest BCUT2D eigenvalue weighted by atomic mass is 10.2. The maximum atomic E-state index is 12.0. The number of ether oxygens (including phenoxy) is 1. The normalized spacial score (nSPS) is 25.8. The Bertz CT molecular complexity index is 352. The van der Waals surface area contributed by atoms with Gasteiger partial charge in [0.05, 0.1) is 31.9 Å². The molecule has 1 aromatic rings. The smallest absolute Gasteiger partial charge is 0.329 e. The number of carbonyl (C=O) groups is 1. The van der Waals surface area contributed by atoms with E-state index in [2.05, 4.69) is 4.98 Å². The number of amides is 1. The van der Waals surface area contributed by atoms with E-state index in [9.17, 15) is 4.79 Å². The van der Waals surface area contributed by atoms with Gasteiger partial charge in [-0.05, 0) is 6.92 Å². The van der Waals surface area contributed by atoms with E-state index in [-0.39, 0.29) is 24.8 Å². The number of aliphatic hydroxyl groups excluding tert-OH is 1. The fourth-order valence-corrected chi connectivity index (χ4v) is 1.71. The fraction of sp³-hybridized carbons (Fsp3) is 0.600. The van der Waals surface area contributed by atoms with Crippen LogP contribution < -0.4 is 0 Å². The molecule has 1 aliphatic heterocycles. The molecule has 0 aromatic carbocycles. The van der Waals surface area contributed by atoms with Crippen LogP contribution in [0.25, 0.3) is 0 Å². The summed E-state index contributed by atoms with van der Waals surface area (Å²) in [5.74, 6) is 0. The Balaban J connectivity index is 2.09. The van der Waals surface area contributed by atoms with Gasteiger partial charge in [-0.25, -0.2) is 9.78 Å². The number of aliphatic hydroxyl groups is 1. The van der Waals surface area contributed by atoms with Crippen molar-refractivity contribution in [2.75, 3.05) is 19.8 Å². The Hall–Kier alpha value is -1.40. The van der Waals surface area contributed by atoms with Crippen molar-refractivity contribution in [2.45, 2.75) is 19.1 Å². The van der Waals surface area contributed by atoms with Gasteiger partial charge < -0.3 is 14.7 Å². The van der Waals surface area contributed by atoms with Crippen molar-refractivity contribution >= 4 is 6.03 Å². The molecular weight excluding hydrogens is 210 g/mol. The van der Waals surface area contributed by atoms with Gasteiger partial charge in [0, 0.05) is 12.4 Å². The zero-order chi connectivity index (χ0) is 11.5. The van der Waals surface area contributed by atoms with Gasteiger partial charge >= 0.3 is 6.03 Å². The highest BCUT2D eigenvalue weighted by Crippen LogP contribution is 2.12. The monoisotopic (exact) mass is 225 g/mol. The minimum atomic E-state index is -0.288. The van der Waals surface area contributed by atoms with Gasteiger partial charge in [-0.15, -0.1) is 0 Å². The maximum absolute atomic E-state index is 12.0. The molecular formula is C10H15N3O3. The van der Waals surface area contributed by atoms with Crippen molar-refractivity contribution in [3.8, 4) is 0 Å². The van der Waals surface area contributed by atoms with E-state index in [1.165, 1.54) is 10.9 Å². The van der Waals surface area contributed by atoms with Crippen molar-refractivity contribution in [3.05, 3.63) is 18.7 Å². The Labute approximate surface area is 93.4 Å². The van der Waals surface area contributed by atoms with E-state index in [4.69, 9.17) is 9.84 Å². The van der Waals surface area contributed by atoms with Crippen molar-refractivity contribution in [3.63, 3.8) is 0 Å². The van der Waals surface area contributed by atoms with Gasteiger partial charge in [0.25, 0.3) is 0 Å². The molecule has 2 atom stereocenters. The van der Waals surface area contributed by atoms with Crippen molar-refractivity contribution in [1.29, 1.82) is 0 Å². The molecule has 1 amide bonds. The number of carbonyl (C=O) groups excluding carboxylic acids is 1. The minimum absolute atomic E-state index is 0.0118. The van der Waals surface area contributed by atoms with Crippen LogP contribution >= 0.6 is 0 Å². The summed E-state index contributed by atoms with van der Waals surface area (Å²) >= 11 is 0. The molecule has 2 heterocycles. The lowest BCUT2D eigenvalue weighted by Gasteiger charge is -2.37. The molecule has 1 saturated heterocycles. The number of hydrogen-bond donors (Lipinski definition) is 1. The average Bonchev–Trinajstić information content (AvgIpc) is 2.82. The molecule has 1 aliphatic rings. The molecule has 0 saturated carbocycles. The molecule has 0 bridgehead atoms. The van der Waals surface area contributed by atoms with E-state index in [0.717, 1.165) is 0 Å². The molecule has 6 nitrogen and oxygen atoms in total. The van der Waals surface area contributed by atoms with Crippen LogP contribution in [0.4, 0.5) is 4.79 Å². The first-order chi connectivity index (χ1) is 7.72. The number of morpholine rings is 1. The van der Waals surface area contributed by atoms with Crippen LogP contribution in [-0.4, -0.2) is 57.5 Å². The number of nitrogens with zero attached hydrogens (tertiary/aromatic N) is 3. The summed E-state index contributed by atoms with van der Waals surface area (Å²) in [6.45, 7) is 2.71. The number of hydrogen-bond acceptors (Lipinski definition) is 4. The molecule has 6 heteroatoms. The number of aromatic nitrogens is 2. The van der Waals surface area contributed by atoms with Crippen molar-refractivity contribution in [2.24, 2.45) is 0 Å². The molecule has 0 radical (unpaired) electrons. The first kappa shape index (κ1) is 11.1. The van der Waals surface area contributed by atoms with Crippen molar-refractivity contribution in [1.82, 2.24) is 14.5 Å². The molecule has 16 heavy (non-hydrogen) atoms. The fourth-order valence-electron chi connectivity index (χ4n) is 1.71. The Kier molecular flexibility index (Phi) is 3.21. The van der Waals surface area contributed by atoms with E-state index < -0.39 is 0 Å². The van der Waals surface area contributed by atoms with Gasteiger partial charge in [-0.1, -0.05) is 0 Å². The summed E-state index contributed by atoms with van der Waals surface area (Å²) in [7, 11) is 0. The molecule has 1 aromatic heterocycles. The highest BCUT2D eigenvalue weighted by Gasteiger charge is 2.29. The summed E-state index contributed by atoms with van der Waals surface area (Å²) in [5, 5.41) is 9.03. The summed E-state index contributed by atoms with van der Waals surface area (Å²) in [4.78, 5) is 17.6. The third-order valence-electron chi connectivity index (χ3n) is 2.68. The van der Waals surface area contributed by atoms with Gasteiger partial charge in [-0.2, -0.15) is 0 Å². The highest BCUT2D eigenvalue weighted by atomic mass is 16.5. The molecule has 88 valence electrons. The van der Waals surface area contributed by atoms with E-state index in [0.29, 0.717) is 13.2 Å². The summed E-state index contributed by atoms with van der Waals surface area (Å²) < 4.78 is 6.80. The third-order valence-corrected chi connectivity index (χ3v) is 2.68. The summed E-state index contributed by atoms with van der Waals surface area (Å²) in [5.41, 5.74) is 0. The molecule has 1 N–H and O–H groups in total. The highest BCUT2D eigenvalue weighted by molar-refractivity contribution is 5.77. The van der Waals surface area contributed by atoms with Crippen LogP contribution in [-0.2, 0) is 4.74 Å². The van der Waals surface area contributed by atoms with E-state index in [1.807, 2.05) is 6.92 Å². The quantitative estimate of drug-likeness (QED) is 0.726. The lowest BCUT2D eigenvalue weighted by molar-refractivity contribution is -0.0626. The molecule has 0 aliphatic carbocycles. The van der Waals surface area contributed by atoms with Gasteiger partial charge in [0.1, 0.15) is 6.33 Å². The SMILES string of the molecule is CC1COC(CO)CN1C(=O)n1ccnc1. The van der Waals surface area contributed by atoms with E-state index in [1.54, 1.807) is 17.3 Å². The van der Waals surface area contributed by atoms with Crippen LogP contribution in [0.5, 0.6) is 0 Å². The largest absolute Gasteiger partial charge is 0.394 e. The van der Waals surface area contributed by atoms with Crippen LogP contribution in [0.3, 0.4) is 0 Å². The first-order valence-electron chi connectivity index (χ1n) is 5.23. The summed E-state index contributed by atoms with van der Waals surface area (Å²) in [6.07, 6.45) is 4.35. The predicted octanol–water partition coefficient (Wildman–Crippen LogP) is -0.0672. The maximum Gasteiger partial charge on any atom is 0.329 e. The zero-order valence-electron chi connectivity index (χ0n) is 9.11. The predicted molar refractivity (Wildman–Crippen MR) is 56.0 cm³/mol. The van der Waals surface area contributed by atoms with Gasteiger partial charge in [-0.3, -0.25) is 4.57 Å². The van der Waals surface area contributed by atoms with Crippen molar-refractivity contribution < 1.29 is 14.6 Å². The standard InChI is InChI=1S/C10H15N3O3/c1-8-6-16-9(5-14)4-13(8)10(15)12-3-2-11-7-12/h2-3,7-9,14H,4-6H2,1H3. The second kappa shape index (κ2) is 4.63. The minimum Gasteiger partial charge on any atom is -0.394 e. The lowest BCUT2D eigenvalue weighted by Crippen LogP contribution is -2.53. The molecule has 2 rings (SSSR count).